The first-order valence-corrected chi connectivity index (χ1v) is 7.55. The van der Waals surface area contributed by atoms with E-state index in [1.165, 1.54) is 34.4 Å². The number of aromatic nitrogens is 1. The molecule has 2 aromatic carbocycles. The fraction of sp³-hybridized carbons (Fsp3) is 0.125. The van der Waals surface area contributed by atoms with E-state index in [1.807, 2.05) is 24.3 Å². The number of nitrogens with zero attached hydrogens (tertiary/aromatic N) is 2. The summed E-state index contributed by atoms with van der Waals surface area (Å²) in [6.45, 7) is -2.99. The van der Waals surface area contributed by atoms with E-state index in [4.69, 9.17) is 0 Å². The van der Waals surface area contributed by atoms with E-state index in [1.54, 1.807) is 13.1 Å². The highest BCUT2D eigenvalue weighted by Crippen LogP contribution is 2.30. The molecule has 0 saturated heterocycles. The Morgan fingerprint density at radius 2 is 1.87 bits per heavy atom. The molecule has 0 aliphatic carbocycles. The van der Waals surface area contributed by atoms with Crippen molar-refractivity contribution in [3.63, 3.8) is 0 Å². The fourth-order valence-electron chi connectivity index (χ4n) is 2.11. The van der Waals surface area contributed by atoms with Crippen molar-refractivity contribution in [2.45, 2.75) is 6.61 Å². The molecule has 3 rings (SSSR count). The number of para-hydroxylation sites is 2. The number of thiazole rings is 1. The predicted octanol–water partition coefficient (Wildman–Crippen LogP) is 4.17. The van der Waals surface area contributed by atoms with E-state index in [9.17, 15) is 13.6 Å². The molecule has 0 aliphatic rings. The van der Waals surface area contributed by atoms with Crippen LogP contribution in [0.4, 0.5) is 13.9 Å². The maximum absolute atomic E-state index is 12.6. The standard InChI is InChI=1S/C16H12F2N2O2S/c1-20(16-19-11-7-3-5-9-13(11)23-16)14(21)10-6-2-4-8-12(10)22-15(17)18/h2-9,15H,1H3. The number of hydrogen-bond acceptors (Lipinski definition) is 4. The van der Waals surface area contributed by atoms with E-state index in [2.05, 4.69) is 9.72 Å². The number of benzene rings is 2. The number of anilines is 1. The molecule has 1 amide bonds. The molecule has 118 valence electrons. The summed E-state index contributed by atoms with van der Waals surface area (Å²) in [4.78, 5) is 18.3. The lowest BCUT2D eigenvalue weighted by Crippen LogP contribution is -2.26. The zero-order chi connectivity index (χ0) is 16.4. The van der Waals surface area contributed by atoms with Gasteiger partial charge in [0.15, 0.2) is 5.13 Å². The Kier molecular flexibility index (Phi) is 4.20. The first-order valence-electron chi connectivity index (χ1n) is 6.73. The van der Waals surface area contributed by atoms with Crippen molar-refractivity contribution in [3.05, 3.63) is 54.1 Å². The SMILES string of the molecule is CN(C(=O)c1ccccc1OC(F)F)c1nc2ccccc2s1. The van der Waals surface area contributed by atoms with Crippen LogP contribution in [0.1, 0.15) is 10.4 Å². The third-order valence-corrected chi connectivity index (χ3v) is 4.32. The van der Waals surface area contributed by atoms with Crippen molar-refractivity contribution in [2.75, 3.05) is 11.9 Å². The molecular weight excluding hydrogens is 322 g/mol. The van der Waals surface area contributed by atoms with Gasteiger partial charge in [0.2, 0.25) is 0 Å². The normalized spacial score (nSPS) is 11.0. The molecule has 0 radical (unpaired) electrons. The van der Waals surface area contributed by atoms with Crippen LogP contribution in [0.15, 0.2) is 48.5 Å². The largest absolute Gasteiger partial charge is 0.434 e. The lowest BCUT2D eigenvalue weighted by atomic mass is 10.2. The van der Waals surface area contributed by atoms with Gasteiger partial charge >= 0.3 is 6.61 Å². The molecule has 3 aromatic rings. The zero-order valence-electron chi connectivity index (χ0n) is 12.1. The van der Waals surface area contributed by atoms with Gasteiger partial charge in [-0.1, -0.05) is 35.6 Å². The summed E-state index contributed by atoms with van der Waals surface area (Å²) in [5.74, 6) is -0.610. The monoisotopic (exact) mass is 334 g/mol. The smallest absolute Gasteiger partial charge is 0.387 e. The van der Waals surface area contributed by atoms with Crippen LogP contribution in [0.2, 0.25) is 0 Å². The predicted molar refractivity (Wildman–Crippen MR) is 85.4 cm³/mol. The Hall–Kier alpha value is -2.54. The lowest BCUT2D eigenvalue weighted by Gasteiger charge is -2.16. The number of ether oxygens (including phenoxy) is 1. The van der Waals surface area contributed by atoms with E-state index >= 15 is 0 Å². The molecule has 1 aromatic heterocycles. The number of amides is 1. The van der Waals surface area contributed by atoms with Crippen molar-refractivity contribution < 1.29 is 18.3 Å². The average molecular weight is 334 g/mol. The number of carbonyl (C=O) groups excluding carboxylic acids is 1. The lowest BCUT2D eigenvalue weighted by molar-refractivity contribution is -0.0501. The van der Waals surface area contributed by atoms with Crippen LogP contribution >= 0.6 is 11.3 Å². The van der Waals surface area contributed by atoms with Crippen LogP contribution in [0.3, 0.4) is 0 Å². The van der Waals surface area contributed by atoms with Gasteiger partial charge in [-0.3, -0.25) is 9.69 Å². The van der Waals surface area contributed by atoms with Crippen molar-refractivity contribution in [1.82, 2.24) is 4.98 Å². The van der Waals surface area contributed by atoms with Crippen LogP contribution in [-0.2, 0) is 0 Å². The van der Waals surface area contributed by atoms with Crippen molar-refractivity contribution >= 4 is 32.6 Å². The minimum Gasteiger partial charge on any atom is -0.434 e. The summed E-state index contributed by atoms with van der Waals surface area (Å²) in [5, 5.41) is 0.489. The molecule has 0 spiro atoms. The Morgan fingerprint density at radius 1 is 1.17 bits per heavy atom. The minimum atomic E-state index is -2.99. The molecule has 0 fully saturated rings. The number of halogens is 2. The highest BCUT2D eigenvalue weighted by atomic mass is 32.1. The average Bonchev–Trinajstić information content (AvgIpc) is 2.97. The van der Waals surface area contributed by atoms with Gasteiger partial charge in [0.25, 0.3) is 5.91 Å². The number of carbonyl (C=O) groups is 1. The maximum atomic E-state index is 12.6. The molecule has 0 atom stereocenters. The summed E-state index contributed by atoms with van der Waals surface area (Å²) >= 11 is 1.35. The van der Waals surface area contributed by atoms with Crippen LogP contribution < -0.4 is 9.64 Å². The molecule has 0 saturated carbocycles. The van der Waals surface area contributed by atoms with Gasteiger partial charge in [0.1, 0.15) is 5.75 Å². The second kappa shape index (κ2) is 6.29. The van der Waals surface area contributed by atoms with Gasteiger partial charge in [0, 0.05) is 7.05 Å². The zero-order valence-corrected chi connectivity index (χ0v) is 12.9. The van der Waals surface area contributed by atoms with Gasteiger partial charge < -0.3 is 4.74 Å². The fourth-order valence-corrected chi connectivity index (χ4v) is 3.04. The molecule has 7 heteroatoms. The van der Waals surface area contributed by atoms with Crippen molar-refractivity contribution in [1.29, 1.82) is 0 Å². The first kappa shape index (κ1) is 15.4. The highest BCUT2D eigenvalue weighted by molar-refractivity contribution is 7.22. The third-order valence-electron chi connectivity index (χ3n) is 3.21. The molecule has 4 nitrogen and oxygen atoms in total. The van der Waals surface area contributed by atoms with Crippen LogP contribution in [-0.4, -0.2) is 24.6 Å². The van der Waals surface area contributed by atoms with Gasteiger partial charge in [-0.2, -0.15) is 8.78 Å². The minimum absolute atomic E-state index is 0.0644. The van der Waals surface area contributed by atoms with Crippen molar-refractivity contribution in [2.24, 2.45) is 0 Å². The van der Waals surface area contributed by atoms with E-state index in [0.29, 0.717) is 5.13 Å². The van der Waals surface area contributed by atoms with E-state index in [0.717, 1.165) is 10.2 Å². The molecule has 1 heterocycles. The number of alkyl halides is 2. The highest BCUT2D eigenvalue weighted by Gasteiger charge is 2.21. The summed E-state index contributed by atoms with van der Waals surface area (Å²) in [6.07, 6.45) is 0. The van der Waals surface area contributed by atoms with E-state index < -0.39 is 12.5 Å². The molecule has 0 unspecified atom stereocenters. The second-order valence-corrected chi connectivity index (χ2v) is 5.71. The summed E-state index contributed by atoms with van der Waals surface area (Å²) in [5.41, 5.74) is 0.846. The van der Waals surface area contributed by atoms with Crippen molar-refractivity contribution in [3.8, 4) is 5.75 Å². The molecule has 0 bridgehead atoms. The number of fused-ring (bicyclic) bond motifs is 1. The topological polar surface area (TPSA) is 42.4 Å². The quantitative estimate of drug-likeness (QED) is 0.719. The molecule has 0 aliphatic heterocycles. The molecule has 0 N–H and O–H groups in total. The molecule has 23 heavy (non-hydrogen) atoms. The van der Waals surface area contributed by atoms with Gasteiger partial charge in [-0.15, -0.1) is 0 Å². The Bertz CT molecular complexity index is 818. The summed E-state index contributed by atoms with van der Waals surface area (Å²) < 4.78 is 30.3. The van der Waals surface area contributed by atoms with Gasteiger partial charge in [0.05, 0.1) is 15.8 Å². The summed E-state index contributed by atoms with van der Waals surface area (Å²) in [6, 6.07) is 13.4. The first-order chi connectivity index (χ1) is 11.1. The van der Waals surface area contributed by atoms with Gasteiger partial charge in [-0.05, 0) is 24.3 Å². The molecular formula is C16H12F2N2O2S. The summed E-state index contributed by atoms with van der Waals surface area (Å²) in [7, 11) is 1.55. The van der Waals surface area contributed by atoms with Crippen LogP contribution in [0.5, 0.6) is 5.75 Å². The Balaban J connectivity index is 1.93. The number of rotatable bonds is 4. The Morgan fingerprint density at radius 3 is 2.61 bits per heavy atom. The second-order valence-electron chi connectivity index (χ2n) is 4.70. The maximum Gasteiger partial charge on any atom is 0.387 e. The third kappa shape index (κ3) is 3.14. The van der Waals surface area contributed by atoms with Gasteiger partial charge in [-0.25, -0.2) is 4.98 Å². The van der Waals surface area contributed by atoms with Crippen LogP contribution in [0.25, 0.3) is 10.2 Å². The van der Waals surface area contributed by atoms with E-state index in [-0.39, 0.29) is 11.3 Å². The number of hydrogen-bond donors (Lipinski definition) is 0. The van der Waals surface area contributed by atoms with Crippen LogP contribution in [0, 0.1) is 0 Å². The Labute approximate surface area is 134 Å².